The highest BCUT2D eigenvalue weighted by atomic mass is 16.4. The van der Waals surface area contributed by atoms with Crippen LogP contribution in [-0.4, -0.2) is 34.8 Å². The number of carbonyl (C=O) groups excluding carboxylic acids is 2. The molecule has 1 amide bonds. The molecule has 104 valence electrons. The van der Waals surface area contributed by atoms with Crippen LogP contribution >= 0.6 is 0 Å². The highest BCUT2D eigenvalue weighted by Crippen LogP contribution is 2.20. The van der Waals surface area contributed by atoms with Crippen molar-refractivity contribution >= 4 is 17.7 Å². The fourth-order valence-corrected chi connectivity index (χ4v) is 1.30. The molecule has 0 spiro atoms. The van der Waals surface area contributed by atoms with Crippen LogP contribution in [0.2, 0.25) is 0 Å². The third-order valence-electron chi connectivity index (χ3n) is 3.20. The topological polar surface area (TPSA) is 109 Å². The van der Waals surface area contributed by atoms with Crippen LogP contribution in [0, 0.1) is 11.3 Å². The van der Waals surface area contributed by atoms with Gasteiger partial charge in [-0.3, -0.25) is 9.59 Å². The van der Waals surface area contributed by atoms with Gasteiger partial charge in [0.2, 0.25) is 5.91 Å². The maximum atomic E-state index is 11.9. The minimum absolute atomic E-state index is 0.221. The minimum Gasteiger partial charge on any atom is -0.480 e. The first-order valence-corrected chi connectivity index (χ1v) is 5.81. The Morgan fingerprint density at radius 1 is 1.22 bits per heavy atom. The third kappa shape index (κ3) is 3.80. The first-order chi connectivity index (χ1) is 8.01. The zero-order chi connectivity index (χ0) is 14.7. The number of nitrogens with two attached hydrogens (primary N) is 1. The van der Waals surface area contributed by atoms with Crippen molar-refractivity contribution in [3.63, 3.8) is 0 Å². The predicted octanol–water partition coefficient (Wildman–Crippen LogP) is 0.154. The number of hydrogen-bond donors (Lipinski definition) is 3. The van der Waals surface area contributed by atoms with E-state index in [-0.39, 0.29) is 11.7 Å². The summed E-state index contributed by atoms with van der Waals surface area (Å²) < 4.78 is 0. The molecule has 6 nitrogen and oxygen atoms in total. The first kappa shape index (κ1) is 16.6. The van der Waals surface area contributed by atoms with Gasteiger partial charge >= 0.3 is 5.97 Å². The Labute approximate surface area is 107 Å². The van der Waals surface area contributed by atoms with Gasteiger partial charge in [-0.25, -0.2) is 4.79 Å². The molecule has 0 aromatic carbocycles. The zero-order valence-electron chi connectivity index (χ0n) is 11.5. The predicted molar refractivity (Wildman–Crippen MR) is 66.8 cm³/mol. The highest BCUT2D eigenvalue weighted by molar-refractivity contribution is 5.93. The number of carboxylic acid groups (broad SMARTS) is 1. The first-order valence-electron chi connectivity index (χ1n) is 5.81. The van der Waals surface area contributed by atoms with Crippen molar-refractivity contribution < 1.29 is 19.5 Å². The minimum atomic E-state index is -1.12. The number of ketones is 1. The summed E-state index contributed by atoms with van der Waals surface area (Å²) in [7, 11) is 0. The van der Waals surface area contributed by atoms with Crippen molar-refractivity contribution in [1.82, 2.24) is 5.32 Å². The highest BCUT2D eigenvalue weighted by Gasteiger charge is 2.38. The Morgan fingerprint density at radius 3 is 1.94 bits per heavy atom. The molecule has 0 unspecified atom stereocenters. The number of aliphatic carboxylic acids is 1. The molecule has 6 heteroatoms. The van der Waals surface area contributed by atoms with Gasteiger partial charge in [0.1, 0.15) is 11.8 Å². The summed E-state index contributed by atoms with van der Waals surface area (Å²) in [5.74, 6) is -2.23. The van der Waals surface area contributed by atoms with Crippen molar-refractivity contribution in [1.29, 1.82) is 0 Å². The van der Waals surface area contributed by atoms with Crippen molar-refractivity contribution in [2.75, 3.05) is 0 Å². The van der Waals surface area contributed by atoms with Crippen LogP contribution in [0.5, 0.6) is 0 Å². The Hall–Kier alpha value is -1.43. The smallest absolute Gasteiger partial charge is 0.326 e. The van der Waals surface area contributed by atoms with Gasteiger partial charge in [0, 0.05) is 5.41 Å². The molecule has 0 aromatic rings. The lowest BCUT2D eigenvalue weighted by Gasteiger charge is -2.29. The summed E-state index contributed by atoms with van der Waals surface area (Å²) in [5.41, 5.74) is 4.70. The fourth-order valence-electron chi connectivity index (χ4n) is 1.30. The quantitative estimate of drug-likeness (QED) is 0.628. The molecular weight excluding hydrogens is 236 g/mol. The maximum absolute atomic E-state index is 11.9. The average molecular weight is 258 g/mol. The van der Waals surface area contributed by atoms with Crippen LogP contribution in [-0.2, 0) is 14.4 Å². The lowest BCUT2D eigenvalue weighted by atomic mass is 9.80. The largest absolute Gasteiger partial charge is 0.480 e. The third-order valence-corrected chi connectivity index (χ3v) is 3.20. The van der Waals surface area contributed by atoms with E-state index in [0.717, 1.165) is 0 Å². The average Bonchev–Trinajstić information content (AvgIpc) is 2.22. The number of carbonyl (C=O) groups is 3. The Kier molecular flexibility index (Phi) is 5.48. The molecule has 18 heavy (non-hydrogen) atoms. The van der Waals surface area contributed by atoms with Gasteiger partial charge in [-0.2, -0.15) is 0 Å². The monoisotopic (exact) mass is 258 g/mol. The second-order valence-electron chi connectivity index (χ2n) is 5.32. The van der Waals surface area contributed by atoms with Crippen LogP contribution < -0.4 is 11.1 Å². The van der Waals surface area contributed by atoms with Crippen LogP contribution in [0.4, 0.5) is 0 Å². The van der Waals surface area contributed by atoms with E-state index in [0.29, 0.717) is 0 Å². The van der Waals surface area contributed by atoms with Crippen LogP contribution in [0.15, 0.2) is 0 Å². The summed E-state index contributed by atoms with van der Waals surface area (Å²) in [6, 6.07) is -2.08. The fraction of sp³-hybridized carbons (Fsp3) is 0.750. The Bertz CT molecular complexity index is 350. The summed E-state index contributed by atoms with van der Waals surface area (Å²) in [4.78, 5) is 34.2. The molecule has 0 saturated carbocycles. The van der Waals surface area contributed by atoms with E-state index >= 15 is 0 Å². The lowest BCUT2D eigenvalue weighted by molar-refractivity contribution is -0.144. The molecule has 0 aliphatic heterocycles. The number of hydrogen-bond acceptors (Lipinski definition) is 4. The molecule has 0 radical (unpaired) electrons. The summed E-state index contributed by atoms with van der Waals surface area (Å²) in [5, 5.41) is 11.3. The molecule has 0 heterocycles. The van der Waals surface area contributed by atoms with E-state index in [1.54, 1.807) is 27.7 Å². The molecule has 0 fully saturated rings. The Morgan fingerprint density at radius 2 is 1.67 bits per heavy atom. The number of carboxylic acids is 1. The van der Waals surface area contributed by atoms with Crippen molar-refractivity contribution in [2.45, 2.75) is 46.7 Å². The maximum Gasteiger partial charge on any atom is 0.326 e. The van der Waals surface area contributed by atoms with Gasteiger partial charge in [-0.15, -0.1) is 0 Å². The number of nitrogens with one attached hydrogen (secondary N) is 1. The van der Waals surface area contributed by atoms with E-state index < -0.39 is 29.4 Å². The summed E-state index contributed by atoms with van der Waals surface area (Å²) >= 11 is 0. The SMILES string of the molecule is CC(=O)C(C)(C)[C@H](N)C(=O)N[C@H](C(=O)O)C(C)C. The molecule has 0 aliphatic rings. The van der Waals surface area contributed by atoms with Crippen LogP contribution in [0.25, 0.3) is 0 Å². The van der Waals surface area contributed by atoms with Gasteiger partial charge in [0.25, 0.3) is 0 Å². The van der Waals surface area contributed by atoms with Crippen LogP contribution in [0.1, 0.15) is 34.6 Å². The second kappa shape index (κ2) is 5.95. The molecule has 0 rings (SSSR count). The van der Waals surface area contributed by atoms with Crippen molar-refractivity contribution in [3.8, 4) is 0 Å². The zero-order valence-corrected chi connectivity index (χ0v) is 11.5. The van der Waals surface area contributed by atoms with Gasteiger partial charge in [-0.1, -0.05) is 27.7 Å². The number of amides is 1. The molecule has 4 N–H and O–H groups in total. The lowest BCUT2D eigenvalue weighted by Crippen LogP contribution is -2.56. The molecule has 2 atom stereocenters. The standard InChI is InChI=1S/C12H22N2O4/c1-6(2)8(11(17)18)14-10(16)9(13)12(4,5)7(3)15/h6,8-9H,13H2,1-5H3,(H,14,16)(H,17,18)/t8-,9+/m0/s1. The number of rotatable bonds is 6. The van der Waals surface area contributed by atoms with E-state index in [1.807, 2.05) is 0 Å². The molecule has 0 bridgehead atoms. The second-order valence-corrected chi connectivity index (χ2v) is 5.32. The van der Waals surface area contributed by atoms with Crippen molar-refractivity contribution in [2.24, 2.45) is 17.1 Å². The van der Waals surface area contributed by atoms with E-state index in [9.17, 15) is 14.4 Å². The molecule has 0 aliphatic carbocycles. The van der Waals surface area contributed by atoms with E-state index in [1.165, 1.54) is 6.92 Å². The Balaban J connectivity index is 4.87. The van der Waals surface area contributed by atoms with Crippen LogP contribution in [0.3, 0.4) is 0 Å². The van der Waals surface area contributed by atoms with E-state index in [2.05, 4.69) is 5.32 Å². The molecular formula is C12H22N2O4. The van der Waals surface area contributed by atoms with Gasteiger partial charge in [0.05, 0.1) is 6.04 Å². The van der Waals surface area contributed by atoms with Gasteiger partial charge in [0.15, 0.2) is 0 Å². The normalized spacial score (nSPS) is 15.1. The van der Waals surface area contributed by atoms with Gasteiger partial charge in [-0.05, 0) is 12.8 Å². The van der Waals surface area contributed by atoms with E-state index in [4.69, 9.17) is 10.8 Å². The molecule has 0 aromatic heterocycles. The van der Waals surface area contributed by atoms with Gasteiger partial charge < -0.3 is 16.2 Å². The number of Topliss-reactive ketones (excluding diaryl/α,β-unsaturated/α-hetero) is 1. The molecule has 0 saturated heterocycles. The summed E-state index contributed by atoms with van der Waals surface area (Å²) in [6.45, 7) is 7.83. The summed E-state index contributed by atoms with van der Waals surface area (Å²) in [6.07, 6.45) is 0. The van der Waals surface area contributed by atoms with Crippen molar-refractivity contribution in [3.05, 3.63) is 0 Å².